The first-order valence-electron chi connectivity index (χ1n) is 16.0. The summed E-state index contributed by atoms with van der Waals surface area (Å²) in [6, 6.07) is 25.6. The molecule has 0 atom stereocenters. The molecule has 0 saturated carbocycles. The summed E-state index contributed by atoms with van der Waals surface area (Å²) in [6.45, 7) is 11.8. The second-order valence-electron chi connectivity index (χ2n) is 12.2. The van der Waals surface area contributed by atoms with Gasteiger partial charge in [-0.15, -0.1) is 0 Å². The van der Waals surface area contributed by atoms with Gasteiger partial charge in [-0.25, -0.2) is 0 Å². The molecule has 0 radical (unpaired) electrons. The van der Waals surface area contributed by atoms with E-state index in [1.54, 1.807) is 0 Å². The van der Waals surface area contributed by atoms with Gasteiger partial charge in [-0.3, -0.25) is 0 Å². The minimum absolute atomic E-state index is 0.819. The standard InChI is InChI=1S/C39H42N6/c1-25-34(22-40-16-28-19-43-37-13-7-4-10-31(28)37)26(2)36(24-42-18-30-21-45-39-15-9-6-12-33(30)39)27(3)35(25)23-41-17-29-20-44-38-14-8-5-11-32(29)38/h4-15,19-21,40-45H,16-18,22-24H2,1-3H3. The van der Waals surface area contributed by atoms with Crippen LogP contribution in [0.3, 0.4) is 0 Å². The molecule has 3 heterocycles. The summed E-state index contributed by atoms with van der Waals surface area (Å²) in [5.74, 6) is 0. The smallest absolute Gasteiger partial charge is 0.0457 e. The molecule has 0 aliphatic carbocycles. The van der Waals surface area contributed by atoms with Crippen molar-refractivity contribution in [2.75, 3.05) is 0 Å². The van der Waals surface area contributed by atoms with Crippen molar-refractivity contribution < 1.29 is 0 Å². The van der Waals surface area contributed by atoms with Crippen LogP contribution in [0.1, 0.15) is 50.1 Å². The second kappa shape index (κ2) is 12.8. The molecule has 6 heteroatoms. The number of H-pyrrole nitrogens is 3. The van der Waals surface area contributed by atoms with Crippen LogP contribution in [0, 0.1) is 20.8 Å². The van der Waals surface area contributed by atoms with Crippen LogP contribution in [0.2, 0.25) is 0 Å². The Morgan fingerprint density at radius 3 is 1.00 bits per heavy atom. The Hall–Kier alpha value is -4.62. The molecule has 3 aromatic heterocycles. The molecule has 0 aliphatic rings. The van der Waals surface area contributed by atoms with Crippen molar-refractivity contribution in [3.05, 3.63) is 141 Å². The van der Waals surface area contributed by atoms with E-state index in [-0.39, 0.29) is 0 Å². The third kappa shape index (κ3) is 5.80. The maximum Gasteiger partial charge on any atom is 0.0457 e. The number of rotatable bonds is 12. The predicted molar refractivity (Wildman–Crippen MR) is 187 cm³/mol. The minimum Gasteiger partial charge on any atom is -0.361 e. The maximum atomic E-state index is 3.78. The van der Waals surface area contributed by atoms with Gasteiger partial charge in [0.2, 0.25) is 0 Å². The average molecular weight is 595 g/mol. The molecule has 0 spiro atoms. The highest BCUT2D eigenvalue weighted by atomic mass is 14.9. The first-order valence-corrected chi connectivity index (χ1v) is 16.0. The third-order valence-corrected chi connectivity index (χ3v) is 9.59. The van der Waals surface area contributed by atoms with Crippen LogP contribution >= 0.6 is 0 Å². The van der Waals surface area contributed by atoms with E-state index in [1.165, 1.54) is 82.8 Å². The lowest BCUT2D eigenvalue weighted by molar-refractivity contribution is 0.658. The summed E-state index contributed by atoms with van der Waals surface area (Å²) in [5.41, 5.74) is 15.8. The fourth-order valence-corrected chi connectivity index (χ4v) is 6.99. The van der Waals surface area contributed by atoms with Gasteiger partial charge in [0.1, 0.15) is 0 Å². The molecular weight excluding hydrogens is 552 g/mol. The fourth-order valence-electron chi connectivity index (χ4n) is 6.99. The van der Waals surface area contributed by atoms with Gasteiger partial charge in [-0.2, -0.15) is 0 Å². The van der Waals surface area contributed by atoms with Gasteiger partial charge < -0.3 is 30.9 Å². The Kier molecular flexibility index (Phi) is 8.27. The Balaban J connectivity index is 1.12. The predicted octanol–water partition coefficient (Wildman–Crippen LogP) is 7.93. The highest BCUT2D eigenvalue weighted by Crippen LogP contribution is 2.29. The van der Waals surface area contributed by atoms with Crippen molar-refractivity contribution in [2.24, 2.45) is 0 Å². The number of fused-ring (bicyclic) bond motifs is 3. The number of aromatic nitrogens is 3. The molecule has 0 fully saturated rings. The topological polar surface area (TPSA) is 83.5 Å². The van der Waals surface area contributed by atoms with Crippen molar-refractivity contribution in [3.8, 4) is 0 Å². The molecule has 45 heavy (non-hydrogen) atoms. The number of aromatic amines is 3. The SMILES string of the molecule is Cc1c(CNCc2c[nH]c3ccccc23)c(C)c(CNCc2c[nH]c3ccccc23)c(C)c1CNCc1c[nH]c2ccccc12. The zero-order chi connectivity index (χ0) is 30.8. The lowest BCUT2D eigenvalue weighted by atomic mass is 9.87. The van der Waals surface area contributed by atoms with Crippen LogP contribution in [0.5, 0.6) is 0 Å². The van der Waals surface area contributed by atoms with Crippen LogP contribution in [-0.4, -0.2) is 15.0 Å². The summed E-state index contributed by atoms with van der Waals surface area (Å²) in [4.78, 5) is 10.2. The van der Waals surface area contributed by atoms with Gasteiger partial charge in [0.15, 0.2) is 0 Å². The summed E-state index contributed by atoms with van der Waals surface area (Å²) < 4.78 is 0. The fraction of sp³-hybridized carbons (Fsp3) is 0.231. The number of hydrogen-bond donors (Lipinski definition) is 6. The Morgan fingerprint density at radius 2 is 0.689 bits per heavy atom. The monoisotopic (exact) mass is 594 g/mol. The van der Waals surface area contributed by atoms with Crippen LogP contribution in [-0.2, 0) is 39.3 Å². The lowest BCUT2D eigenvalue weighted by Crippen LogP contribution is -2.22. The molecule has 0 amide bonds. The van der Waals surface area contributed by atoms with Gasteiger partial charge >= 0.3 is 0 Å². The molecule has 0 bridgehead atoms. The van der Waals surface area contributed by atoms with E-state index >= 15 is 0 Å². The number of nitrogens with one attached hydrogen (secondary N) is 6. The molecule has 0 aliphatic heterocycles. The highest BCUT2D eigenvalue weighted by molar-refractivity contribution is 5.84. The van der Waals surface area contributed by atoms with Gasteiger partial charge in [0, 0.05) is 90.6 Å². The zero-order valence-electron chi connectivity index (χ0n) is 26.4. The average Bonchev–Trinajstić information content (AvgIpc) is 3.79. The van der Waals surface area contributed by atoms with E-state index in [1.807, 2.05) is 0 Å². The molecule has 0 saturated heterocycles. The van der Waals surface area contributed by atoms with E-state index in [0.717, 1.165) is 39.3 Å². The molecule has 7 aromatic rings. The highest BCUT2D eigenvalue weighted by Gasteiger charge is 2.18. The Morgan fingerprint density at radius 1 is 0.400 bits per heavy atom. The first kappa shape index (κ1) is 29.1. The quantitative estimate of drug-likeness (QED) is 0.0869. The van der Waals surface area contributed by atoms with Crippen LogP contribution < -0.4 is 16.0 Å². The van der Waals surface area contributed by atoms with Gasteiger partial charge in [-0.05, 0) is 89.0 Å². The van der Waals surface area contributed by atoms with E-state index in [9.17, 15) is 0 Å². The van der Waals surface area contributed by atoms with E-state index in [2.05, 4.69) is 143 Å². The van der Waals surface area contributed by atoms with Gasteiger partial charge in [0.25, 0.3) is 0 Å². The van der Waals surface area contributed by atoms with Crippen molar-refractivity contribution in [1.29, 1.82) is 0 Å². The van der Waals surface area contributed by atoms with E-state index in [4.69, 9.17) is 0 Å². The molecule has 228 valence electrons. The minimum atomic E-state index is 0.819. The van der Waals surface area contributed by atoms with Crippen molar-refractivity contribution in [1.82, 2.24) is 30.9 Å². The molecular formula is C39H42N6. The summed E-state index contributed by atoms with van der Waals surface area (Å²) >= 11 is 0. The van der Waals surface area contributed by atoms with Gasteiger partial charge in [-0.1, -0.05) is 54.6 Å². The van der Waals surface area contributed by atoms with Crippen LogP contribution in [0.25, 0.3) is 32.7 Å². The second-order valence-corrected chi connectivity index (χ2v) is 12.2. The third-order valence-electron chi connectivity index (χ3n) is 9.59. The molecule has 6 N–H and O–H groups in total. The number of hydrogen-bond acceptors (Lipinski definition) is 3. The normalized spacial score (nSPS) is 11.8. The largest absolute Gasteiger partial charge is 0.361 e. The molecule has 0 unspecified atom stereocenters. The lowest BCUT2D eigenvalue weighted by Gasteiger charge is -2.23. The van der Waals surface area contributed by atoms with Crippen LogP contribution in [0.15, 0.2) is 91.4 Å². The maximum absolute atomic E-state index is 3.78. The number of benzene rings is 4. The number of para-hydroxylation sites is 3. The summed E-state index contributed by atoms with van der Waals surface area (Å²) in [7, 11) is 0. The van der Waals surface area contributed by atoms with Crippen molar-refractivity contribution in [3.63, 3.8) is 0 Å². The molecule has 4 aromatic carbocycles. The zero-order valence-corrected chi connectivity index (χ0v) is 26.4. The van der Waals surface area contributed by atoms with Gasteiger partial charge in [0.05, 0.1) is 0 Å². The summed E-state index contributed by atoms with van der Waals surface area (Å²) in [5, 5.41) is 15.2. The van der Waals surface area contributed by atoms with Crippen molar-refractivity contribution in [2.45, 2.75) is 60.0 Å². The Bertz CT molecular complexity index is 1830. The van der Waals surface area contributed by atoms with Crippen LogP contribution in [0.4, 0.5) is 0 Å². The summed E-state index contributed by atoms with van der Waals surface area (Å²) in [6.07, 6.45) is 6.39. The Labute approximate surface area is 264 Å². The van der Waals surface area contributed by atoms with E-state index in [0.29, 0.717) is 0 Å². The van der Waals surface area contributed by atoms with E-state index < -0.39 is 0 Å². The molecule has 6 nitrogen and oxygen atoms in total. The first-order chi connectivity index (χ1) is 22.1. The molecule has 7 rings (SSSR count). The van der Waals surface area contributed by atoms with Crippen molar-refractivity contribution >= 4 is 32.7 Å².